The van der Waals surface area contributed by atoms with Gasteiger partial charge < -0.3 is 123 Å². The Kier molecular flexibility index (Phi) is 36.6. The molecule has 0 aromatic heterocycles. The topological polar surface area (TPSA) is 717 Å². The zero-order valence-corrected chi connectivity index (χ0v) is 58.2. The summed E-state index contributed by atoms with van der Waals surface area (Å²) in [6.45, 7) is -0.000210. The van der Waals surface area contributed by atoms with Crippen LogP contribution in [-0.4, -0.2) is 264 Å². The summed E-state index contributed by atoms with van der Waals surface area (Å²) in [6.07, 6.45) is -6.49. The summed E-state index contributed by atoms with van der Waals surface area (Å²) >= 11 is 1.63. The van der Waals surface area contributed by atoms with E-state index in [2.05, 4.69) is 47.9 Å². The molecule has 0 spiro atoms. The van der Waals surface area contributed by atoms with Crippen molar-refractivity contribution >= 4 is 136 Å². The number of carboxylic acid groups (broad SMARTS) is 2. The summed E-state index contributed by atoms with van der Waals surface area (Å²) < 4.78 is 0. The zero-order valence-electron chi connectivity index (χ0n) is 56.5. The monoisotopic (exact) mass is 1520 g/mol. The first-order valence-electron chi connectivity index (χ1n) is 31.8. The Balaban J connectivity index is 1.81. The van der Waals surface area contributed by atoms with Crippen LogP contribution in [0.1, 0.15) is 63.5 Å². The number of amides is 17. The van der Waals surface area contributed by atoms with Crippen molar-refractivity contribution in [3.63, 3.8) is 0 Å². The average molecular weight is 1520 g/mol. The molecule has 0 unspecified atom stereocenters. The van der Waals surface area contributed by atoms with Crippen LogP contribution in [0.2, 0.25) is 0 Å². The van der Waals surface area contributed by atoms with Gasteiger partial charge in [0, 0.05) is 30.9 Å². The number of thioether (sulfide) groups is 2. The van der Waals surface area contributed by atoms with Crippen LogP contribution in [-0.2, 0) is 104 Å². The summed E-state index contributed by atoms with van der Waals surface area (Å²) in [6, 6.07) is -8.09. The number of nitrogens with one attached hydrogen (secondary N) is 11. The number of aliphatic hydroxyl groups is 2. The highest BCUT2D eigenvalue weighted by molar-refractivity contribution is 8.00. The lowest BCUT2D eigenvalue weighted by Crippen LogP contribution is -2.62. The third kappa shape index (κ3) is 31.5. The number of hydrogen-bond donors (Lipinski definition) is 22. The number of carbonyl (C=O) groups is 19. The number of primary amides is 5. The molecule has 576 valence electrons. The van der Waals surface area contributed by atoms with Gasteiger partial charge in [-0.1, -0.05) is 42.5 Å². The molecule has 0 bridgehead atoms. The van der Waals surface area contributed by atoms with E-state index < -0.39 is 236 Å². The van der Waals surface area contributed by atoms with Gasteiger partial charge in [-0.3, -0.25) is 86.3 Å². The molecule has 42 nitrogen and oxygen atoms in total. The lowest BCUT2D eigenvalue weighted by atomic mass is 10.0. The number of hydrogen-bond acceptors (Lipinski definition) is 25. The minimum absolute atomic E-state index is 0.0235. The number of benzene rings is 2. The van der Waals surface area contributed by atoms with Gasteiger partial charge in [0.15, 0.2) is 0 Å². The van der Waals surface area contributed by atoms with Crippen LogP contribution in [0.3, 0.4) is 0 Å². The number of aliphatic carboxylic acids is 2. The molecular formula is C61H86N18O24S2. The van der Waals surface area contributed by atoms with Gasteiger partial charge >= 0.3 is 11.9 Å². The molecule has 0 aliphatic carbocycles. The van der Waals surface area contributed by atoms with E-state index in [0.717, 1.165) is 35.3 Å². The van der Waals surface area contributed by atoms with Crippen molar-refractivity contribution in [1.29, 1.82) is 0 Å². The molecule has 1 fully saturated rings. The maximum atomic E-state index is 14.2. The fourth-order valence-electron chi connectivity index (χ4n) is 9.78. The molecule has 1 saturated heterocycles. The summed E-state index contributed by atoms with van der Waals surface area (Å²) in [5.41, 5.74) is 32.7. The molecule has 2 aromatic rings. The van der Waals surface area contributed by atoms with Crippen LogP contribution >= 0.6 is 23.5 Å². The molecular weight excluding hydrogens is 1430 g/mol. The summed E-state index contributed by atoms with van der Waals surface area (Å²) in [5, 5.41) is 74.7. The Morgan fingerprint density at radius 1 is 0.495 bits per heavy atom. The second-order valence-corrected chi connectivity index (χ2v) is 25.7. The lowest BCUT2D eigenvalue weighted by molar-refractivity contribution is -0.143. The van der Waals surface area contributed by atoms with E-state index in [1.807, 2.05) is 10.6 Å². The summed E-state index contributed by atoms with van der Waals surface area (Å²) in [5.74, 6) is -23.9. The number of rotatable bonds is 46. The van der Waals surface area contributed by atoms with Gasteiger partial charge in [0.25, 0.3) is 0 Å². The highest BCUT2D eigenvalue weighted by Gasteiger charge is 2.41. The van der Waals surface area contributed by atoms with E-state index in [1.165, 1.54) is 31.2 Å². The molecule has 1 aliphatic rings. The number of likely N-dealkylation sites (tertiary alicyclic amines) is 1. The first kappa shape index (κ1) is 88.0. The Hall–Kier alpha value is -11.2. The number of phenolic OH excluding ortho intramolecular Hbond substituents is 1. The van der Waals surface area contributed by atoms with Gasteiger partial charge in [0.2, 0.25) is 100 Å². The SMILES string of the molecule is C[C@H](NC(=O)[C@H](Cc1ccccc1)NC(=O)CNC(=O)[C@H](CO)NC(=O)[C@H](Cc1ccc(O)cc1)NC(=O)[C@H](CC(N)=O)NC(=O)[C@@H](NC(=O)[C@H](CC(=O)O)NC(=O)[C@H](CC(N)=O)NC(=O)[C@@H](N)CSCC(N)=O)[C@@H](C)O)C(=O)N1CCC[C@H]1C(=O)N[C@@H](CC(N)=O)C(=O)N[C@@H](CSCC(N)=O)C(=O)O. The van der Waals surface area contributed by atoms with Gasteiger partial charge in [-0.05, 0) is 49.9 Å². The molecule has 1 aliphatic heterocycles. The molecule has 0 saturated carbocycles. The van der Waals surface area contributed by atoms with Crippen LogP contribution in [0.4, 0.5) is 0 Å². The predicted octanol–water partition coefficient (Wildman–Crippen LogP) is -11.5. The number of nitrogens with two attached hydrogens (primary N) is 6. The molecule has 44 heteroatoms. The Bertz CT molecular complexity index is 3520. The Labute approximate surface area is 605 Å². The van der Waals surface area contributed by atoms with Crippen molar-refractivity contribution in [2.45, 2.75) is 144 Å². The van der Waals surface area contributed by atoms with Crippen LogP contribution in [0.25, 0.3) is 0 Å². The van der Waals surface area contributed by atoms with Gasteiger partial charge in [-0.2, -0.15) is 0 Å². The Morgan fingerprint density at radius 3 is 1.44 bits per heavy atom. The molecule has 28 N–H and O–H groups in total. The van der Waals surface area contributed by atoms with Crippen molar-refractivity contribution < 1.29 is 117 Å². The third-order valence-corrected chi connectivity index (χ3v) is 17.1. The Morgan fingerprint density at radius 2 is 0.933 bits per heavy atom. The third-order valence-electron chi connectivity index (χ3n) is 15.0. The first-order chi connectivity index (χ1) is 49.3. The van der Waals surface area contributed by atoms with E-state index in [1.54, 1.807) is 30.3 Å². The number of carboxylic acids is 2. The van der Waals surface area contributed by atoms with E-state index >= 15 is 0 Å². The second-order valence-electron chi connectivity index (χ2n) is 23.7. The van der Waals surface area contributed by atoms with Crippen LogP contribution in [0, 0.1) is 0 Å². The largest absolute Gasteiger partial charge is 0.508 e. The molecule has 0 radical (unpaired) electrons. The first-order valence-corrected chi connectivity index (χ1v) is 34.1. The molecule has 13 atom stereocenters. The molecule has 105 heavy (non-hydrogen) atoms. The maximum Gasteiger partial charge on any atom is 0.327 e. The molecule has 3 rings (SSSR count). The van der Waals surface area contributed by atoms with Crippen molar-refractivity contribution in [2.75, 3.05) is 42.7 Å². The number of nitrogens with zero attached hydrogens (tertiary/aromatic N) is 1. The highest BCUT2D eigenvalue weighted by Crippen LogP contribution is 2.20. The van der Waals surface area contributed by atoms with Gasteiger partial charge in [-0.25, -0.2) is 4.79 Å². The minimum atomic E-state index is -2.18. The lowest BCUT2D eigenvalue weighted by Gasteiger charge is -2.29. The summed E-state index contributed by atoms with van der Waals surface area (Å²) in [4.78, 5) is 248. The molecule has 17 amide bonds. The van der Waals surface area contributed by atoms with Gasteiger partial charge in [0.05, 0.1) is 62.5 Å². The predicted molar refractivity (Wildman–Crippen MR) is 366 cm³/mol. The summed E-state index contributed by atoms with van der Waals surface area (Å²) in [7, 11) is 0. The smallest absolute Gasteiger partial charge is 0.327 e. The minimum Gasteiger partial charge on any atom is -0.508 e. The molecule has 1 heterocycles. The number of aromatic hydroxyl groups is 1. The fourth-order valence-corrected chi connectivity index (χ4v) is 11.3. The second kappa shape index (κ2) is 43.6. The van der Waals surface area contributed by atoms with Gasteiger partial charge in [0.1, 0.15) is 72.2 Å². The van der Waals surface area contributed by atoms with E-state index in [4.69, 9.17) is 34.4 Å². The van der Waals surface area contributed by atoms with E-state index in [0.29, 0.717) is 5.56 Å². The number of aliphatic hydroxyl groups excluding tert-OH is 2. The standard InChI is InChI=1S/C61H86N18O24S2/c1-27(60(101)79-14-6-9-41(79)58(99)74-36(18-43(64)84)56(97)77-40(61(102)103)24-105-26-46(67)87)69-52(93)33(15-29-7-4-3-5-8-29)70-47(88)21-68-51(92)39(22-80)76-53(94)34(16-30-10-12-31(82)13-11-30)72-55(96)37(19-44(65)85)75-59(100)49(28(2)81)78-57(98)38(20-48(89)90)73-54(95)35(17-42(63)83)71-50(91)32(62)23-104-25-45(66)86/h3-5,7-8,10-13,27-28,32-41,49,80-82H,6,9,14-26,62H2,1-2H3,(H2,63,83)(H2,64,84)(H2,65,85)(H2,66,86)(H2,67,87)(H,68,92)(H,69,93)(H,70,88)(H,71,91)(H,72,96)(H,73,95)(H,74,99)(H,75,100)(H,76,94)(H,77,97)(H,78,98)(H,89,90)(H,102,103)/t27-,28+,32-,33-,34-,35-,36-,37-,38-,39-,40-,41-,49-/m0/s1. The van der Waals surface area contributed by atoms with Crippen molar-refractivity contribution in [3.8, 4) is 5.75 Å². The number of phenols is 1. The van der Waals surface area contributed by atoms with Crippen LogP contribution < -0.4 is 92.9 Å². The highest BCUT2D eigenvalue weighted by atomic mass is 32.2. The van der Waals surface area contributed by atoms with Crippen LogP contribution in [0.5, 0.6) is 5.75 Å². The molecule has 2 aromatic carbocycles. The average Bonchev–Trinajstić information content (AvgIpc) is 1.73. The maximum absolute atomic E-state index is 14.2. The van der Waals surface area contributed by atoms with Gasteiger partial charge in [-0.15, -0.1) is 23.5 Å². The van der Waals surface area contributed by atoms with Crippen LogP contribution in [0.15, 0.2) is 54.6 Å². The quantitative estimate of drug-likeness (QED) is 0.0293. The zero-order chi connectivity index (χ0) is 78.9. The van der Waals surface area contributed by atoms with Crippen molar-refractivity contribution in [1.82, 2.24) is 63.4 Å². The normalized spacial score (nSPS) is 15.8. The number of carbonyl (C=O) groups excluding carboxylic acids is 17. The van der Waals surface area contributed by atoms with Crippen molar-refractivity contribution in [3.05, 3.63) is 65.7 Å². The van der Waals surface area contributed by atoms with E-state index in [-0.39, 0.29) is 60.1 Å². The van der Waals surface area contributed by atoms with E-state index in [9.17, 15) is 117 Å². The fraction of sp³-hybridized carbons (Fsp3) is 0.492. The van der Waals surface area contributed by atoms with Crippen molar-refractivity contribution in [2.24, 2.45) is 34.4 Å².